The van der Waals surface area contributed by atoms with Crippen LogP contribution in [0.3, 0.4) is 0 Å². The molecule has 0 saturated heterocycles. The van der Waals surface area contributed by atoms with Gasteiger partial charge in [-0.25, -0.2) is 0 Å². The van der Waals surface area contributed by atoms with E-state index in [1.807, 2.05) is 6.92 Å². The van der Waals surface area contributed by atoms with Crippen LogP contribution >= 0.6 is 0 Å². The molecule has 7 nitrogen and oxygen atoms in total. The third kappa shape index (κ3) is 4.34. The number of benzene rings is 1. The third-order valence-electron chi connectivity index (χ3n) is 2.53. The molecular weight excluding hydrogens is 264 g/mol. The maximum absolute atomic E-state index is 11.6. The molecule has 0 spiro atoms. The zero-order valence-corrected chi connectivity index (χ0v) is 11.3. The van der Waals surface area contributed by atoms with E-state index in [-0.39, 0.29) is 17.8 Å². The van der Waals surface area contributed by atoms with Crippen molar-refractivity contribution in [2.45, 2.75) is 26.7 Å². The third-order valence-corrected chi connectivity index (χ3v) is 2.53. The van der Waals surface area contributed by atoms with Gasteiger partial charge in [-0.2, -0.15) is 0 Å². The minimum Gasteiger partial charge on any atom is -0.456 e. The summed E-state index contributed by atoms with van der Waals surface area (Å²) in [4.78, 5) is 33.1. The Labute approximate surface area is 116 Å². The van der Waals surface area contributed by atoms with Crippen LogP contribution < -0.4 is 5.32 Å². The van der Waals surface area contributed by atoms with E-state index >= 15 is 0 Å². The van der Waals surface area contributed by atoms with Gasteiger partial charge in [0.2, 0.25) is 0 Å². The molecular formula is C13H16N2O5. The first kappa shape index (κ1) is 15.6. The van der Waals surface area contributed by atoms with Crippen LogP contribution in [0.4, 0.5) is 11.4 Å². The second-order valence-corrected chi connectivity index (χ2v) is 4.19. The van der Waals surface area contributed by atoms with Crippen LogP contribution in [0.15, 0.2) is 18.2 Å². The average Bonchev–Trinajstić information content (AvgIpc) is 2.39. The zero-order valence-electron chi connectivity index (χ0n) is 11.3. The first-order valence-electron chi connectivity index (χ1n) is 6.15. The Bertz CT molecular complexity index is 527. The summed E-state index contributed by atoms with van der Waals surface area (Å²) in [5.74, 6) is -1.08. The van der Waals surface area contributed by atoms with Crippen LogP contribution in [0.5, 0.6) is 0 Å². The predicted molar refractivity (Wildman–Crippen MR) is 72.3 cm³/mol. The number of esters is 1. The average molecular weight is 280 g/mol. The van der Waals surface area contributed by atoms with Gasteiger partial charge in [-0.3, -0.25) is 19.7 Å². The lowest BCUT2D eigenvalue weighted by Gasteiger charge is -2.09. The number of carbonyl (C=O) groups is 2. The molecule has 0 aliphatic rings. The largest absolute Gasteiger partial charge is 0.456 e. The van der Waals surface area contributed by atoms with Crippen molar-refractivity contribution in [2.24, 2.45) is 0 Å². The predicted octanol–water partition coefficient (Wildman–Crippen LogP) is 2.19. The number of hydrogen-bond acceptors (Lipinski definition) is 5. The highest BCUT2D eigenvalue weighted by molar-refractivity contribution is 5.95. The minimum atomic E-state index is -0.605. The van der Waals surface area contributed by atoms with Crippen LogP contribution in [0.25, 0.3) is 0 Å². The second kappa shape index (κ2) is 7.22. The molecule has 1 N–H and O–H groups in total. The number of para-hydroxylation sites is 1. The molecule has 1 rings (SSSR count). The highest BCUT2D eigenvalue weighted by atomic mass is 16.6. The fraction of sp³-hybridized carbons (Fsp3) is 0.385. The van der Waals surface area contributed by atoms with E-state index in [1.54, 1.807) is 13.0 Å². The topological polar surface area (TPSA) is 98.5 Å². The Balaban J connectivity index is 2.71. The molecule has 108 valence electrons. The van der Waals surface area contributed by atoms with Gasteiger partial charge in [0, 0.05) is 12.5 Å². The van der Waals surface area contributed by atoms with Gasteiger partial charge in [-0.05, 0) is 18.9 Å². The van der Waals surface area contributed by atoms with Gasteiger partial charge in [-0.15, -0.1) is 0 Å². The quantitative estimate of drug-likeness (QED) is 0.489. The van der Waals surface area contributed by atoms with Crippen molar-refractivity contribution in [1.29, 1.82) is 0 Å². The molecule has 0 aromatic heterocycles. The van der Waals surface area contributed by atoms with Gasteiger partial charge in [0.15, 0.2) is 6.61 Å². The fourth-order valence-corrected chi connectivity index (χ4v) is 1.56. The van der Waals surface area contributed by atoms with Crippen LogP contribution in [0, 0.1) is 17.0 Å². The smallest absolute Gasteiger partial charge is 0.306 e. The van der Waals surface area contributed by atoms with E-state index in [0.717, 1.165) is 0 Å². The summed E-state index contributed by atoms with van der Waals surface area (Å²) >= 11 is 0. The van der Waals surface area contributed by atoms with E-state index in [0.29, 0.717) is 12.0 Å². The highest BCUT2D eigenvalue weighted by Crippen LogP contribution is 2.27. The summed E-state index contributed by atoms with van der Waals surface area (Å²) in [5.41, 5.74) is 0.486. The molecule has 0 bridgehead atoms. The summed E-state index contributed by atoms with van der Waals surface area (Å²) in [6.45, 7) is 3.01. The van der Waals surface area contributed by atoms with Crippen molar-refractivity contribution < 1.29 is 19.2 Å². The first-order valence-corrected chi connectivity index (χ1v) is 6.15. The highest BCUT2D eigenvalue weighted by Gasteiger charge is 2.18. The Morgan fingerprint density at radius 2 is 2.10 bits per heavy atom. The molecule has 1 aromatic carbocycles. The number of carbonyl (C=O) groups excluding carboxylic acids is 2. The van der Waals surface area contributed by atoms with Crippen molar-refractivity contribution >= 4 is 23.3 Å². The van der Waals surface area contributed by atoms with Gasteiger partial charge in [-0.1, -0.05) is 19.1 Å². The van der Waals surface area contributed by atoms with E-state index in [2.05, 4.69) is 5.32 Å². The Morgan fingerprint density at radius 3 is 2.70 bits per heavy atom. The zero-order chi connectivity index (χ0) is 15.1. The number of anilines is 1. The summed E-state index contributed by atoms with van der Waals surface area (Å²) in [6.07, 6.45) is 0.863. The lowest BCUT2D eigenvalue weighted by atomic mass is 10.1. The van der Waals surface area contributed by atoms with E-state index in [1.165, 1.54) is 12.1 Å². The molecule has 0 unspecified atom stereocenters. The minimum absolute atomic E-state index is 0.119. The van der Waals surface area contributed by atoms with Crippen molar-refractivity contribution in [3.05, 3.63) is 33.9 Å². The number of nitro benzene ring substituents is 1. The summed E-state index contributed by atoms with van der Waals surface area (Å²) in [6, 6.07) is 4.47. The van der Waals surface area contributed by atoms with Gasteiger partial charge >= 0.3 is 5.97 Å². The molecule has 0 aliphatic heterocycles. The van der Waals surface area contributed by atoms with Gasteiger partial charge in [0.1, 0.15) is 5.69 Å². The standard InChI is InChI=1S/C13H16N2O5/c1-3-5-12(17)20-8-11(16)14-13-9(2)6-4-7-10(13)15(18)19/h4,6-7H,3,5,8H2,1-2H3,(H,14,16). The molecule has 0 saturated carbocycles. The monoisotopic (exact) mass is 280 g/mol. The van der Waals surface area contributed by atoms with Crippen molar-refractivity contribution in [3.8, 4) is 0 Å². The molecule has 0 radical (unpaired) electrons. The maximum atomic E-state index is 11.6. The normalized spacial score (nSPS) is 9.90. The molecule has 1 aromatic rings. The van der Waals surface area contributed by atoms with E-state index in [4.69, 9.17) is 4.74 Å². The van der Waals surface area contributed by atoms with Crippen LogP contribution in [0.2, 0.25) is 0 Å². The molecule has 1 amide bonds. The van der Waals surface area contributed by atoms with Gasteiger partial charge in [0.05, 0.1) is 4.92 Å². The molecule has 20 heavy (non-hydrogen) atoms. The molecule has 0 aliphatic carbocycles. The fourth-order valence-electron chi connectivity index (χ4n) is 1.56. The van der Waals surface area contributed by atoms with E-state index in [9.17, 15) is 19.7 Å². The van der Waals surface area contributed by atoms with Crippen molar-refractivity contribution in [2.75, 3.05) is 11.9 Å². The number of aryl methyl sites for hydroxylation is 1. The molecule has 7 heteroatoms. The van der Waals surface area contributed by atoms with Gasteiger partial charge < -0.3 is 10.1 Å². The number of nitro groups is 1. The number of amides is 1. The SMILES string of the molecule is CCCC(=O)OCC(=O)Nc1c(C)cccc1[N+](=O)[O-]. The number of nitrogens with one attached hydrogen (secondary N) is 1. The molecule has 0 heterocycles. The summed E-state index contributed by atoms with van der Waals surface area (Å²) in [7, 11) is 0. The molecule has 0 fully saturated rings. The van der Waals surface area contributed by atoms with Gasteiger partial charge in [0.25, 0.3) is 11.6 Å². The Morgan fingerprint density at radius 1 is 1.40 bits per heavy atom. The van der Waals surface area contributed by atoms with Crippen LogP contribution in [0.1, 0.15) is 25.3 Å². The lowest BCUT2D eigenvalue weighted by Crippen LogP contribution is -2.21. The van der Waals surface area contributed by atoms with E-state index < -0.39 is 23.4 Å². The van der Waals surface area contributed by atoms with Crippen molar-refractivity contribution in [1.82, 2.24) is 0 Å². The Hall–Kier alpha value is -2.44. The summed E-state index contributed by atoms with van der Waals surface area (Å²) < 4.78 is 4.74. The summed E-state index contributed by atoms with van der Waals surface area (Å²) in [5, 5.41) is 13.3. The number of hydrogen-bond donors (Lipinski definition) is 1. The van der Waals surface area contributed by atoms with Crippen molar-refractivity contribution in [3.63, 3.8) is 0 Å². The maximum Gasteiger partial charge on any atom is 0.306 e. The van der Waals surface area contributed by atoms with Crippen LogP contribution in [-0.4, -0.2) is 23.4 Å². The number of ether oxygens (including phenoxy) is 1. The number of rotatable bonds is 6. The van der Waals surface area contributed by atoms with Crippen LogP contribution in [-0.2, 0) is 14.3 Å². The Kier molecular flexibility index (Phi) is 5.64. The lowest BCUT2D eigenvalue weighted by molar-refractivity contribution is -0.384. The molecule has 0 atom stereocenters. The first-order chi connectivity index (χ1) is 9.45. The number of nitrogens with zero attached hydrogens (tertiary/aromatic N) is 1. The second-order valence-electron chi connectivity index (χ2n) is 4.19.